The van der Waals surface area contributed by atoms with E-state index >= 15 is 0 Å². The van der Waals surface area contributed by atoms with Crippen LogP contribution in [-0.4, -0.2) is 31.3 Å². The lowest BCUT2D eigenvalue weighted by molar-refractivity contribution is 0.0465. The van der Waals surface area contributed by atoms with Gasteiger partial charge in [-0.05, 0) is 24.4 Å². The normalized spacial score (nSPS) is 15.3. The fourth-order valence-corrected chi connectivity index (χ4v) is 2.06. The van der Waals surface area contributed by atoms with Crippen molar-refractivity contribution in [1.82, 2.24) is 5.43 Å². The first kappa shape index (κ1) is 15.0. The van der Waals surface area contributed by atoms with Crippen LogP contribution in [0.2, 0.25) is 0 Å². The topological polar surface area (TPSA) is 72.2 Å². The van der Waals surface area contributed by atoms with Crippen molar-refractivity contribution in [3.8, 4) is 0 Å². The average Bonchev–Trinajstić information content (AvgIpc) is 2.10. The number of hydrogen-bond donors (Lipinski definition) is 2. The molecule has 0 aromatic carbocycles. The van der Waals surface area contributed by atoms with Gasteiger partial charge in [-0.25, -0.2) is 13.8 Å². The third-order valence-electron chi connectivity index (χ3n) is 1.98. The molecule has 0 aromatic heterocycles. The monoisotopic (exact) mass is 264 g/mol. The zero-order valence-corrected chi connectivity index (χ0v) is 9.91. The molecule has 0 rings (SSSR count). The Kier molecular flexibility index (Phi) is 5.94. The van der Waals surface area contributed by atoms with Gasteiger partial charge in [0.2, 0.25) is 0 Å². The fraction of sp³-hybridized carbons (Fsp3) is 1.00. The highest BCUT2D eigenvalue weighted by atomic mass is 35.5. The summed E-state index contributed by atoms with van der Waals surface area (Å²) >= 11 is 4.76. The van der Waals surface area contributed by atoms with E-state index < -0.39 is 21.3 Å². The summed E-state index contributed by atoms with van der Waals surface area (Å²) in [4.78, 5) is 0. The molecule has 0 saturated heterocycles. The maximum absolute atomic E-state index is 12.6. The molecule has 15 heavy (non-hydrogen) atoms. The number of rotatable bonds is 7. The van der Waals surface area contributed by atoms with Crippen LogP contribution in [0.15, 0.2) is 0 Å². The first-order valence-corrected chi connectivity index (χ1v) is 6.66. The molecular weight excluding hydrogens is 250 g/mol. The number of hydrogen-bond acceptors (Lipinski definition) is 4. The minimum atomic E-state index is -3.47. The van der Waals surface area contributed by atoms with E-state index in [0.717, 1.165) is 0 Å². The highest BCUT2D eigenvalue weighted by molar-refractivity contribution is 7.91. The molecule has 1 atom stereocenters. The molecule has 3 N–H and O–H groups in total. The average molecular weight is 265 g/mol. The molecule has 0 radical (unpaired) electrons. The van der Waals surface area contributed by atoms with Gasteiger partial charge < -0.3 is 0 Å². The quantitative estimate of drug-likeness (QED) is 0.407. The van der Waals surface area contributed by atoms with E-state index in [1.54, 1.807) is 0 Å². The standard InChI is InChI=1S/C7H15ClF2N2O2S/c1-2-15(13,14)5-3-4-6(12-11)7(8,9)10/h6,12H,2-5,11H2,1H3. The molecule has 0 aliphatic carbocycles. The van der Waals surface area contributed by atoms with Crippen LogP contribution in [-0.2, 0) is 9.84 Å². The van der Waals surface area contributed by atoms with Gasteiger partial charge in [-0.1, -0.05) is 6.92 Å². The van der Waals surface area contributed by atoms with E-state index in [9.17, 15) is 17.2 Å². The van der Waals surface area contributed by atoms with Crippen molar-refractivity contribution in [2.24, 2.45) is 5.84 Å². The van der Waals surface area contributed by atoms with Crippen LogP contribution < -0.4 is 11.3 Å². The summed E-state index contributed by atoms with van der Waals surface area (Å²) in [5.41, 5.74) is 1.87. The molecule has 0 aliphatic rings. The van der Waals surface area contributed by atoms with Crippen LogP contribution in [0.25, 0.3) is 0 Å². The summed E-state index contributed by atoms with van der Waals surface area (Å²) in [6.45, 7) is 1.50. The first-order chi connectivity index (χ1) is 6.73. The van der Waals surface area contributed by atoms with Crippen LogP contribution in [0.3, 0.4) is 0 Å². The van der Waals surface area contributed by atoms with Crippen LogP contribution in [0.1, 0.15) is 19.8 Å². The minimum absolute atomic E-state index is 0.00495. The summed E-state index contributed by atoms with van der Waals surface area (Å²) in [5.74, 6) is 4.75. The Bertz CT molecular complexity index is 279. The Morgan fingerprint density at radius 2 is 2.07 bits per heavy atom. The highest BCUT2D eigenvalue weighted by Crippen LogP contribution is 2.26. The Hall–Kier alpha value is 0.0200. The Morgan fingerprint density at radius 3 is 2.40 bits per heavy atom. The molecule has 0 amide bonds. The van der Waals surface area contributed by atoms with Gasteiger partial charge in [-0.15, -0.1) is 0 Å². The Labute approximate surface area is 93.0 Å². The first-order valence-electron chi connectivity index (χ1n) is 4.46. The van der Waals surface area contributed by atoms with Crippen LogP contribution in [0.4, 0.5) is 8.78 Å². The lowest BCUT2D eigenvalue weighted by Crippen LogP contribution is -2.45. The SMILES string of the molecule is CCS(=O)(=O)CCCC(NN)C(F)(F)Cl. The van der Waals surface area contributed by atoms with E-state index in [4.69, 9.17) is 17.4 Å². The van der Waals surface area contributed by atoms with E-state index in [0.29, 0.717) is 0 Å². The summed E-state index contributed by atoms with van der Waals surface area (Å²) in [7, 11) is -3.13. The van der Waals surface area contributed by atoms with Crippen molar-refractivity contribution in [2.45, 2.75) is 31.2 Å². The van der Waals surface area contributed by atoms with Gasteiger partial charge in [-0.2, -0.15) is 8.78 Å². The Balaban J connectivity index is 4.05. The van der Waals surface area contributed by atoms with Gasteiger partial charge >= 0.3 is 5.38 Å². The zero-order valence-electron chi connectivity index (χ0n) is 8.34. The summed E-state index contributed by atoms with van der Waals surface area (Å²) in [5, 5.41) is -3.47. The van der Waals surface area contributed by atoms with Gasteiger partial charge in [0.25, 0.3) is 0 Å². The van der Waals surface area contributed by atoms with Gasteiger partial charge in [0.05, 0.1) is 11.8 Å². The fourth-order valence-electron chi connectivity index (χ4n) is 0.993. The maximum atomic E-state index is 12.6. The molecule has 92 valence electrons. The number of hydrazine groups is 1. The van der Waals surface area contributed by atoms with E-state index in [1.165, 1.54) is 6.92 Å². The molecule has 0 saturated carbocycles. The molecule has 8 heteroatoms. The van der Waals surface area contributed by atoms with Crippen molar-refractivity contribution in [3.05, 3.63) is 0 Å². The smallest absolute Gasteiger partial charge is 0.271 e. The second-order valence-electron chi connectivity index (χ2n) is 3.14. The largest absolute Gasteiger partial charge is 0.338 e. The second kappa shape index (κ2) is 5.93. The third kappa shape index (κ3) is 6.24. The van der Waals surface area contributed by atoms with E-state index in [1.807, 2.05) is 5.43 Å². The summed E-state index contributed by atoms with van der Waals surface area (Å²) < 4.78 is 47.2. The van der Waals surface area contributed by atoms with E-state index in [-0.39, 0.29) is 24.3 Å². The molecule has 0 bridgehead atoms. The van der Waals surface area contributed by atoms with Gasteiger partial charge in [0.1, 0.15) is 9.84 Å². The van der Waals surface area contributed by atoms with Gasteiger partial charge in [-0.3, -0.25) is 5.84 Å². The van der Waals surface area contributed by atoms with Crippen molar-refractivity contribution in [3.63, 3.8) is 0 Å². The van der Waals surface area contributed by atoms with Gasteiger partial charge in [0.15, 0.2) is 0 Å². The molecule has 1 unspecified atom stereocenters. The van der Waals surface area contributed by atoms with Crippen LogP contribution in [0, 0.1) is 0 Å². The van der Waals surface area contributed by atoms with Gasteiger partial charge in [0, 0.05) is 5.75 Å². The number of nitrogens with two attached hydrogens (primary N) is 1. The number of nitrogens with one attached hydrogen (secondary N) is 1. The molecule has 0 heterocycles. The van der Waals surface area contributed by atoms with Crippen molar-refractivity contribution >= 4 is 21.4 Å². The van der Waals surface area contributed by atoms with Crippen LogP contribution >= 0.6 is 11.6 Å². The molecule has 0 spiro atoms. The minimum Gasteiger partial charge on any atom is -0.271 e. The van der Waals surface area contributed by atoms with Crippen molar-refractivity contribution < 1.29 is 17.2 Å². The summed E-state index contributed by atoms with van der Waals surface area (Å²) in [6.07, 6.45) is 0.0135. The lowest BCUT2D eigenvalue weighted by Gasteiger charge is -2.20. The maximum Gasteiger partial charge on any atom is 0.338 e. The predicted molar refractivity (Wildman–Crippen MR) is 55.5 cm³/mol. The molecule has 0 aliphatic heterocycles. The zero-order chi connectivity index (χ0) is 12.1. The Morgan fingerprint density at radius 1 is 1.53 bits per heavy atom. The van der Waals surface area contributed by atoms with Crippen molar-refractivity contribution in [1.29, 1.82) is 0 Å². The highest BCUT2D eigenvalue weighted by Gasteiger charge is 2.35. The predicted octanol–water partition coefficient (Wildman–Crippen LogP) is 0.865. The second-order valence-corrected chi connectivity index (χ2v) is 6.12. The summed E-state index contributed by atoms with van der Waals surface area (Å²) in [6, 6.07) is -1.41. The molecule has 4 nitrogen and oxygen atoms in total. The molecule has 0 aromatic rings. The third-order valence-corrected chi connectivity index (χ3v) is 4.04. The number of halogens is 3. The number of alkyl halides is 3. The number of sulfone groups is 1. The van der Waals surface area contributed by atoms with Crippen molar-refractivity contribution in [2.75, 3.05) is 11.5 Å². The molecule has 0 fully saturated rings. The molecular formula is C7H15ClF2N2O2S. The van der Waals surface area contributed by atoms with E-state index in [2.05, 4.69) is 0 Å². The lowest BCUT2D eigenvalue weighted by atomic mass is 10.2. The van der Waals surface area contributed by atoms with Crippen LogP contribution in [0.5, 0.6) is 0 Å².